The molecule has 8 nitrogen and oxygen atoms in total. The standard InChI is InChI=1S/C24H26N2O6/c1-2-7-21(23(29)25-12-13-31-15-22(27)28)26-24(30)32-14-20-18-10-5-3-8-16(18)17-9-4-6-11-19(17)20/h2-6,8-11,20-21H,1,7,12-15H2,(H,25,29)(H,26,30)(H,27,28). The number of benzene rings is 2. The molecule has 1 unspecified atom stereocenters. The summed E-state index contributed by atoms with van der Waals surface area (Å²) in [6, 6.07) is 15.2. The predicted octanol–water partition coefficient (Wildman–Crippen LogP) is 2.69. The first-order valence-corrected chi connectivity index (χ1v) is 10.3. The molecule has 0 aromatic heterocycles. The lowest BCUT2D eigenvalue weighted by atomic mass is 9.98. The van der Waals surface area contributed by atoms with Crippen LogP contribution in [0, 0.1) is 0 Å². The minimum atomic E-state index is -1.09. The number of hydrogen-bond acceptors (Lipinski definition) is 5. The smallest absolute Gasteiger partial charge is 0.407 e. The Hall–Kier alpha value is -3.65. The van der Waals surface area contributed by atoms with E-state index in [2.05, 4.69) is 29.3 Å². The molecular formula is C24H26N2O6. The monoisotopic (exact) mass is 438 g/mol. The Morgan fingerprint density at radius 1 is 1.06 bits per heavy atom. The number of aliphatic carboxylic acids is 1. The normalized spacial score (nSPS) is 12.9. The number of amides is 2. The van der Waals surface area contributed by atoms with Gasteiger partial charge in [0.05, 0.1) is 6.61 Å². The van der Waals surface area contributed by atoms with E-state index in [1.165, 1.54) is 6.08 Å². The van der Waals surface area contributed by atoms with Crippen molar-refractivity contribution in [3.05, 3.63) is 72.3 Å². The summed E-state index contributed by atoms with van der Waals surface area (Å²) < 4.78 is 10.4. The van der Waals surface area contributed by atoms with E-state index in [0.717, 1.165) is 22.3 Å². The van der Waals surface area contributed by atoms with Gasteiger partial charge in [-0.25, -0.2) is 9.59 Å². The second kappa shape index (κ2) is 11.1. The molecule has 1 aliphatic carbocycles. The van der Waals surface area contributed by atoms with Crippen LogP contribution in [0.15, 0.2) is 61.2 Å². The molecule has 0 radical (unpaired) electrons. The van der Waals surface area contributed by atoms with E-state index in [-0.39, 0.29) is 32.1 Å². The van der Waals surface area contributed by atoms with Crippen LogP contribution in [0.3, 0.4) is 0 Å². The minimum absolute atomic E-state index is 0.0454. The summed E-state index contributed by atoms with van der Waals surface area (Å²) in [6.45, 7) is 3.48. The molecule has 1 aliphatic rings. The zero-order chi connectivity index (χ0) is 22.9. The van der Waals surface area contributed by atoms with Gasteiger partial charge >= 0.3 is 12.1 Å². The van der Waals surface area contributed by atoms with Crippen LogP contribution in [0.25, 0.3) is 11.1 Å². The summed E-state index contributed by atoms with van der Waals surface area (Å²) in [7, 11) is 0. The zero-order valence-corrected chi connectivity index (χ0v) is 17.6. The maximum atomic E-state index is 12.4. The summed E-state index contributed by atoms with van der Waals surface area (Å²) in [5, 5.41) is 13.7. The van der Waals surface area contributed by atoms with Gasteiger partial charge in [0.15, 0.2) is 0 Å². The van der Waals surface area contributed by atoms with Crippen molar-refractivity contribution >= 4 is 18.0 Å². The van der Waals surface area contributed by atoms with E-state index in [0.29, 0.717) is 0 Å². The first-order valence-electron chi connectivity index (χ1n) is 10.3. The van der Waals surface area contributed by atoms with Crippen molar-refractivity contribution in [1.82, 2.24) is 10.6 Å². The molecule has 0 spiro atoms. The highest BCUT2D eigenvalue weighted by Crippen LogP contribution is 2.44. The van der Waals surface area contributed by atoms with Gasteiger partial charge in [-0.2, -0.15) is 0 Å². The molecule has 3 N–H and O–H groups in total. The topological polar surface area (TPSA) is 114 Å². The number of carboxylic acid groups (broad SMARTS) is 1. The Morgan fingerprint density at radius 2 is 1.69 bits per heavy atom. The SMILES string of the molecule is C=CCC(NC(=O)OCC1c2ccccc2-c2ccccc21)C(=O)NCCOCC(=O)O. The molecule has 3 rings (SSSR count). The number of carbonyl (C=O) groups excluding carboxylic acids is 2. The van der Waals surface area contributed by atoms with E-state index in [9.17, 15) is 14.4 Å². The zero-order valence-electron chi connectivity index (χ0n) is 17.6. The van der Waals surface area contributed by atoms with Gasteiger partial charge in [-0.15, -0.1) is 6.58 Å². The Morgan fingerprint density at radius 3 is 2.28 bits per heavy atom. The Labute approximate surface area is 186 Å². The van der Waals surface area contributed by atoms with Gasteiger partial charge in [0.1, 0.15) is 19.3 Å². The Balaban J connectivity index is 1.54. The number of carbonyl (C=O) groups is 3. The fourth-order valence-electron chi connectivity index (χ4n) is 3.71. The van der Waals surface area contributed by atoms with Crippen LogP contribution in [-0.2, 0) is 19.1 Å². The Bertz CT molecular complexity index is 944. The summed E-state index contributed by atoms with van der Waals surface area (Å²) in [6.07, 6.45) is 1.04. The van der Waals surface area contributed by atoms with Crippen molar-refractivity contribution < 1.29 is 29.0 Å². The average molecular weight is 438 g/mol. The number of fused-ring (bicyclic) bond motifs is 3. The minimum Gasteiger partial charge on any atom is -0.480 e. The molecule has 1 atom stereocenters. The lowest BCUT2D eigenvalue weighted by Gasteiger charge is -2.19. The predicted molar refractivity (Wildman–Crippen MR) is 118 cm³/mol. The second-order valence-corrected chi connectivity index (χ2v) is 7.28. The lowest BCUT2D eigenvalue weighted by molar-refractivity contribution is -0.142. The summed E-state index contributed by atoms with van der Waals surface area (Å²) in [5.41, 5.74) is 4.46. The van der Waals surface area contributed by atoms with Crippen LogP contribution in [0.2, 0.25) is 0 Å². The van der Waals surface area contributed by atoms with Gasteiger partial charge in [-0.3, -0.25) is 4.79 Å². The third-order valence-electron chi connectivity index (χ3n) is 5.13. The third-order valence-corrected chi connectivity index (χ3v) is 5.13. The molecule has 2 amide bonds. The van der Waals surface area contributed by atoms with Crippen molar-refractivity contribution in [3.63, 3.8) is 0 Å². The van der Waals surface area contributed by atoms with Gasteiger partial charge < -0.3 is 25.2 Å². The maximum absolute atomic E-state index is 12.4. The van der Waals surface area contributed by atoms with Crippen LogP contribution in [0.5, 0.6) is 0 Å². The Kier molecular flexibility index (Phi) is 7.99. The quantitative estimate of drug-likeness (QED) is 0.367. The molecule has 8 heteroatoms. The van der Waals surface area contributed by atoms with E-state index >= 15 is 0 Å². The number of hydrogen-bond donors (Lipinski definition) is 3. The molecule has 32 heavy (non-hydrogen) atoms. The van der Waals surface area contributed by atoms with E-state index < -0.39 is 30.6 Å². The van der Waals surface area contributed by atoms with Gasteiger partial charge in [0.25, 0.3) is 0 Å². The van der Waals surface area contributed by atoms with Crippen LogP contribution in [0.4, 0.5) is 4.79 Å². The molecule has 0 fully saturated rings. The lowest BCUT2D eigenvalue weighted by Crippen LogP contribution is -2.47. The second-order valence-electron chi connectivity index (χ2n) is 7.28. The molecule has 2 aromatic carbocycles. The summed E-state index contributed by atoms with van der Waals surface area (Å²) in [4.78, 5) is 35.2. The van der Waals surface area contributed by atoms with E-state index in [1.54, 1.807) is 0 Å². The highest BCUT2D eigenvalue weighted by atomic mass is 16.5. The van der Waals surface area contributed by atoms with Crippen LogP contribution in [0.1, 0.15) is 23.5 Å². The van der Waals surface area contributed by atoms with E-state index in [4.69, 9.17) is 14.6 Å². The number of rotatable bonds is 11. The number of alkyl carbamates (subject to hydrolysis) is 1. The largest absolute Gasteiger partial charge is 0.480 e. The first kappa shape index (κ1) is 23.0. The molecule has 2 aromatic rings. The van der Waals surface area contributed by atoms with Crippen molar-refractivity contribution in [3.8, 4) is 11.1 Å². The molecule has 0 saturated heterocycles. The summed E-state index contributed by atoms with van der Waals surface area (Å²) in [5.74, 6) is -1.60. The van der Waals surface area contributed by atoms with Gasteiger partial charge in [-0.1, -0.05) is 54.6 Å². The van der Waals surface area contributed by atoms with Crippen LogP contribution >= 0.6 is 0 Å². The highest BCUT2D eigenvalue weighted by Gasteiger charge is 2.29. The number of ether oxygens (including phenoxy) is 2. The average Bonchev–Trinajstić information content (AvgIpc) is 3.10. The molecule has 0 saturated carbocycles. The highest BCUT2D eigenvalue weighted by molar-refractivity contribution is 5.86. The first-order chi connectivity index (χ1) is 15.5. The fraction of sp³-hybridized carbons (Fsp3) is 0.292. The fourth-order valence-corrected chi connectivity index (χ4v) is 3.71. The van der Waals surface area contributed by atoms with Crippen molar-refractivity contribution in [2.24, 2.45) is 0 Å². The summed E-state index contributed by atoms with van der Waals surface area (Å²) >= 11 is 0. The van der Waals surface area contributed by atoms with Crippen LogP contribution in [-0.4, -0.2) is 55.5 Å². The number of nitrogens with one attached hydrogen (secondary N) is 2. The molecule has 168 valence electrons. The molecule has 0 heterocycles. The molecular weight excluding hydrogens is 412 g/mol. The third kappa shape index (κ3) is 5.73. The maximum Gasteiger partial charge on any atom is 0.407 e. The van der Waals surface area contributed by atoms with Crippen molar-refractivity contribution in [2.75, 3.05) is 26.4 Å². The van der Waals surface area contributed by atoms with Gasteiger partial charge in [0, 0.05) is 12.5 Å². The van der Waals surface area contributed by atoms with Gasteiger partial charge in [0.2, 0.25) is 5.91 Å². The van der Waals surface area contributed by atoms with E-state index in [1.807, 2.05) is 36.4 Å². The van der Waals surface area contributed by atoms with Crippen molar-refractivity contribution in [1.29, 1.82) is 0 Å². The molecule has 0 bridgehead atoms. The van der Waals surface area contributed by atoms with Gasteiger partial charge in [-0.05, 0) is 28.7 Å². The van der Waals surface area contributed by atoms with Crippen molar-refractivity contribution in [2.45, 2.75) is 18.4 Å². The molecule has 0 aliphatic heterocycles. The number of carboxylic acids is 1. The van der Waals surface area contributed by atoms with Crippen LogP contribution < -0.4 is 10.6 Å².